The fourth-order valence-corrected chi connectivity index (χ4v) is 4.05. The van der Waals surface area contributed by atoms with Crippen LogP contribution in [0.15, 0.2) is 24.3 Å². The molecule has 0 aliphatic carbocycles. The van der Waals surface area contributed by atoms with Crippen LogP contribution in [0.5, 0.6) is 0 Å². The number of rotatable bonds is 2. The Kier molecular flexibility index (Phi) is 2.97. The van der Waals surface area contributed by atoms with E-state index in [9.17, 15) is 0 Å². The Morgan fingerprint density at radius 3 is 3.11 bits per heavy atom. The highest BCUT2D eigenvalue weighted by atomic mass is 15.3. The molecule has 4 rings (SSSR count). The van der Waals surface area contributed by atoms with Crippen LogP contribution in [0, 0.1) is 0 Å². The Bertz CT molecular complexity index is 459. The molecular formula is C16H23N3. The zero-order valence-corrected chi connectivity index (χ0v) is 11.5. The summed E-state index contributed by atoms with van der Waals surface area (Å²) >= 11 is 0. The molecule has 0 spiro atoms. The van der Waals surface area contributed by atoms with Gasteiger partial charge in [-0.3, -0.25) is 9.80 Å². The molecule has 0 amide bonds. The van der Waals surface area contributed by atoms with Crippen LogP contribution in [0.25, 0.3) is 0 Å². The highest BCUT2D eigenvalue weighted by molar-refractivity contribution is 5.57. The third-order valence-electron chi connectivity index (χ3n) is 5.09. The zero-order valence-electron chi connectivity index (χ0n) is 11.5. The Morgan fingerprint density at radius 1 is 1.16 bits per heavy atom. The molecule has 1 aromatic rings. The number of para-hydroxylation sites is 1. The quantitative estimate of drug-likeness (QED) is 0.874. The van der Waals surface area contributed by atoms with Crippen molar-refractivity contribution in [3.63, 3.8) is 0 Å². The molecule has 2 unspecified atom stereocenters. The topological polar surface area (TPSA) is 18.5 Å². The molecule has 0 saturated carbocycles. The van der Waals surface area contributed by atoms with Crippen molar-refractivity contribution in [2.45, 2.75) is 24.8 Å². The van der Waals surface area contributed by atoms with Crippen molar-refractivity contribution in [3.8, 4) is 0 Å². The van der Waals surface area contributed by atoms with E-state index in [2.05, 4.69) is 39.4 Å². The molecule has 2 fully saturated rings. The molecule has 3 heteroatoms. The van der Waals surface area contributed by atoms with E-state index < -0.39 is 0 Å². The second-order valence-corrected chi connectivity index (χ2v) is 6.26. The largest absolute Gasteiger partial charge is 0.384 e. The lowest BCUT2D eigenvalue weighted by atomic mass is 10.00. The predicted octanol–water partition coefficient (Wildman–Crippen LogP) is 1.98. The predicted molar refractivity (Wildman–Crippen MR) is 78.7 cm³/mol. The van der Waals surface area contributed by atoms with Gasteiger partial charge in [-0.2, -0.15) is 0 Å². The van der Waals surface area contributed by atoms with Crippen LogP contribution in [0.1, 0.15) is 24.3 Å². The number of nitrogens with zero attached hydrogens (tertiary/aromatic N) is 2. The SMILES string of the molecule is c1ccc2c(c1)NCC2CN1CCN2CCCC2C1. The van der Waals surface area contributed by atoms with Gasteiger partial charge >= 0.3 is 0 Å². The van der Waals surface area contributed by atoms with Gasteiger partial charge in [-0.1, -0.05) is 18.2 Å². The Balaban J connectivity index is 1.43. The number of hydrogen-bond donors (Lipinski definition) is 1. The lowest BCUT2D eigenvalue weighted by molar-refractivity contribution is 0.101. The summed E-state index contributed by atoms with van der Waals surface area (Å²) in [7, 11) is 0. The molecular weight excluding hydrogens is 234 g/mol. The Morgan fingerprint density at radius 2 is 2.11 bits per heavy atom. The molecule has 19 heavy (non-hydrogen) atoms. The van der Waals surface area contributed by atoms with E-state index >= 15 is 0 Å². The van der Waals surface area contributed by atoms with Crippen LogP contribution < -0.4 is 5.32 Å². The van der Waals surface area contributed by atoms with Crippen molar-refractivity contribution in [2.75, 3.05) is 44.6 Å². The molecule has 3 aliphatic rings. The Hall–Kier alpha value is -1.06. The number of nitrogens with one attached hydrogen (secondary N) is 1. The number of anilines is 1. The molecule has 1 aromatic carbocycles. The van der Waals surface area contributed by atoms with Gasteiger partial charge in [0.15, 0.2) is 0 Å². The minimum Gasteiger partial charge on any atom is -0.384 e. The van der Waals surface area contributed by atoms with Crippen LogP contribution in [-0.4, -0.2) is 55.1 Å². The second kappa shape index (κ2) is 4.80. The van der Waals surface area contributed by atoms with Gasteiger partial charge in [0.05, 0.1) is 0 Å². The van der Waals surface area contributed by atoms with Crippen LogP contribution in [0.3, 0.4) is 0 Å². The van der Waals surface area contributed by atoms with Gasteiger partial charge in [-0.15, -0.1) is 0 Å². The minimum absolute atomic E-state index is 0.684. The fourth-order valence-electron chi connectivity index (χ4n) is 4.05. The van der Waals surface area contributed by atoms with Gasteiger partial charge in [0.2, 0.25) is 0 Å². The summed E-state index contributed by atoms with van der Waals surface area (Å²) in [5.74, 6) is 0.684. The van der Waals surface area contributed by atoms with Gasteiger partial charge in [0.25, 0.3) is 0 Å². The summed E-state index contributed by atoms with van der Waals surface area (Å²) in [5, 5.41) is 3.55. The maximum Gasteiger partial charge on any atom is 0.0376 e. The van der Waals surface area contributed by atoms with Crippen molar-refractivity contribution < 1.29 is 0 Å². The summed E-state index contributed by atoms with van der Waals surface area (Å²) in [6.07, 6.45) is 2.82. The van der Waals surface area contributed by atoms with Gasteiger partial charge < -0.3 is 5.32 Å². The van der Waals surface area contributed by atoms with Gasteiger partial charge in [-0.25, -0.2) is 0 Å². The first-order valence-electron chi connectivity index (χ1n) is 7.69. The van der Waals surface area contributed by atoms with Crippen molar-refractivity contribution in [1.29, 1.82) is 0 Å². The first-order valence-corrected chi connectivity index (χ1v) is 7.69. The van der Waals surface area contributed by atoms with Gasteiger partial charge in [0.1, 0.15) is 0 Å². The third-order valence-corrected chi connectivity index (χ3v) is 5.09. The second-order valence-electron chi connectivity index (χ2n) is 6.26. The molecule has 102 valence electrons. The first kappa shape index (κ1) is 11.7. The number of piperazine rings is 1. The average Bonchev–Trinajstić information content (AvgIpc) is 3.06. The van der Waals surface area contributed by atoms with E-state index in [1.807, 2.05) is 0 Å². The molecule has 0 aromatic heterocycles. The van der Waals surface area contributed by atoms with Crippen LogP contribution >= 0.6 is 0 Å². The summed E-state index contributed by atoms with van der Waals surface area (Å²) in [4.78, 5) is 5.39. The summed E-state index contributed by atoms with van der Waals surface area (Å²) in [6, 6.07) is 9.66. The first-order chi connectivity index (χ1) is 9.40. The van der Waals surface area contributed by atoms with E-state index in [0.717, 1.165) is 12.6 Å². The van der Waals surface area contributed by atoms with E-state index in [4.69, 9.17) is 0 Å². The van der Waals surface area contributed by atoms with Crippen molar-refractivity contribution in [3.05, 3.63) is 29.8 Å². The molecule has 2 atom stereocenters. The summed E-state index contributed by atoms with van der Waals surface area (Å²) in [6.45, 7) is 7.52. The van der Waals surface area contributed by atoms with E-state index in [-0.39, 0.29) is 0 Å². The standard InChI is InChI=1S/C16H23N3/c1-2-6-16-15(5-1)13(10-17-16)11-18-8-9-19-7-3-4-14(19)12-18/h1-2,5-6,13-14,17H,3-4,7-12H2. The number of benzene rings is 1. The fraction of sp³-hybridized carbons (Fsp3) is 0.625. The van der Waals surface area contributed by atoms with Crippen molar-refractivity contribution >= 4 is 5.69 Å². The monoisotopic (exact) mass is 257 g/mol. The van der Waals surface area contributed by atoms with E-state index in [1.54, 1.807) is 0 Å². The Labute approximate surface area is 115 Å². The summed E-state index contributed by atoms with van der Waals surface area (Å²) < 4.78 is 0. The maximum atomic E-state index is 3.55. The highest BCUT2D eigenvalue weighted by Gasteiger charge is 2.32. The van der Waals surface area contributed by atoms with Crippen molar-refractivity contribution in [2.24, 2.45) is 0 Å². The van der Waals surface area contributed by atoms with Crippen LogP contribution in [0.2, 0.25) is 0 Å². The molecule has 0 radical (unpaired) electrons. The van der Waals surface area contributed by atoms with Gasteiger partial charge in [-0.05, 0) is 31.0 Å². The van der Waals surface area contributed by atoms with Gasteiger partial charge in [0, 0.05) is 50.4 Å². The zero-order chi connectivity index (χ0) is 12.7. The molecule has 1 N–H and O–H groups in total. The van der Waals surface area contributed by atoms with E-state index in [0.29, 0.717) is 5.92 Å². The number of fused-ring (bicyclic) bond motifs is 2. The van der Waals surface area contributed by atoms with Crippen LogP contribution in [-0.2, 0) is 0 Å². The molecule has 3 nitrogen and oxygen atoms in total. The lowest BCUT2D eigenvalue weighted by Gasteiger charge is -2.38. The molecule has 3 aliphatic heterocycles. The van der Waals surface area contributed by atoms with Crippen LogP contribution in [0.4, 0.5) is 5.69 Å². The molecule has 3 heterocycles. The smallest absolute Gasteiger partial charge is 0.0376 e. The maximum absolute atomic E-state index is 3.55. The lowest BCUT2D eigenvalue weighted by Crippen LogP contribution is -2.51. The minimum atomic E-state index is 0.684. The van der Waals surface area contributed by atoms with E-state index in [1.165, 1.54) is 56.8 Å². The third kappa shape index (κ3) is 2.15. The van der Waals surface area contributed by atoms with Crippen molar-refractivity contribution in [1.82, 2.24) is 9.80 Å². The average molecular weight is 257 g/mol. The molecule has 2 saturated heterocycles. The normalized spacial score (nSPS) is 30.9. The summed E-state index contributed by atoms with van der Waals surface area (Å²) in [5.41, 5.74) is 2.88. The molecule has 0 bridgehead atoms. The highest BCUT2D eigenvalue weighted by Crippen LogP contribution is 2.32. The number of hydrogen-bond acceptors (Lipinski definition) is 3.